The third-order valence-electron chi connectivity index (χ3n) is 4.43. The number of benzene rings is 2. The first-order chi connectivity index (χ1) is 15.0. The van der Waals surface area contributed by atoms with Gasteiger partial charge in [0.2, 0.25) is 5.95 Å². The van der Waals surface area contributed by atoms with E-state index in [0.29, 0.717) is 23.1 Å². The highest BCUT2D eigenvalue weighted by molar-refractivity contribution is 7.12. The fourth-order valence-electron chi connectivity index (χ4n) is 2.87. The first-order valence-electron chi connectivity index (χ1n) is 9.38. The molecule has 0 atom stereocenters. The van der Waals surface area contributed by atoms with E-state index >= 15 is 0 Å². The zero-order valence-electron chi connectivity index (χ0n) is 16.5. The van der Waals surface area contributed by atoms with Crippen molar-refractivity contribution >= 4 is 34.8 Å². The Morgan fingerprint density at radius 3 is 2.77 bits per heavy atom. The fraction of sp³-hybridized carbons (Fsp3) is 0.136. The minimum absolute atomic E-state index is 0.204. The summed E-state index contributed by atoms with van der Waals surface area (Å²) in [6, 6.07) is 13.4. The van der Waals surface area contributed by atoms with Crippen LogP contribution in [0.3, 0.4) is 0 Å². The van der Waals surface area contributed by atoms with Crippen LogP contribution in [0.25, 0.3) is 0 Å². The smallest absolute Gasteiger partial charge is 0.268 e. The van der Waals surface area contributed by atoms with E-state index in [1.54, 1.807) is 28.9 Å². The molecule has 6 nitrogen and oxygen atoms in total. The summed E-state index contributed by atoms with van der Waals surface area (Å²) < 4.78 is 20.4. The van der Waals surface area contributed by atoms with Gasteiger partial charge >= 0.3 is 0 Å². The number of aryl methyl sites for hydroxylation is 1. The van der Waals surface area contributed by atoms with Crippen molar-refractivity contribution in [3.8, 4) is 5.75 Å². The van der Waals surface area contributed by atoms with E-state index in [-0.39, 0.29) is 17.7 Å². The molecule has 1 amide bonds. The zero-order valence-corrected chi connectivity index (χ0v) is 18.1. The number of amides is 1. The van der Waals surface area contributed by atoms with E-state index in [1.807, 2.05) is 24.4 Å². The molecule has 0 bridgehead atoms. The second kappa shape index (κ2) is 9.28. The summed E-state index contributed by atoms with van der Waals surface area (Å²) in [5, 5.41) is 9.47. The van der Waals surface area contributed by atoms with E-state index < -0.39 is 0 Å². The molecular weight excluding hydrogens is 439 g/mol. The molecule has 0 aliphatic rings. The van der Waals surface area contributed by atoms with E-state index in [9.17, 15) is 9.18 Å². The van der Waals surface area contributed by atoms with Gasteiger partial charge < -0.3 is 4.74 Å². The predicted molar refractivity (Wildman–Crippen MR) is 118 cm³/mol. The Labute approximate surface area is 187 Å². The van der Waals surface area contributed by atoms with Crippen molar-refractivity contribution in [3.63, 3.8) is 0 Å². The Morgan fingerprint density at radius 1 is 1.19 bits per heavy atom. The Hall–Kier alpha value is -3.23. The van der Waals surface area contributed by atoms with Gasteiger partial charge in [0.1, 0.15) is 24.5 Å². The maximum absolute atomic E-state index is 13.0. The lowest BCUT2D eigenvalue weighted by Crippen LogP contribution is -2.12. The quantitative estimate of drug-likeness (QED) is 0.408. The summed E-state index contributed by atoms with van der Waals surface area (Å²) in [7, 11) is 0. The molecule has 2 aromatic heterocycles. The van der Waals surface area contributed by atoms with Gasteiger partial charge in [-0.3, -0.25) is 10.1 Å². The maximum Gasteiger partial charge on any atom is 0.268 e. The van der Waals surface area contributed by atoms with Crippen LogP contribution in [-0.2, 0) is 13.2 Å². The van der Waals surface area contributed by atoms with Crippen molar-refractivity contribution in [2.75, 3.05) is 5.32 Å². The summed E-state index contributed by atoms with van der Waals surface area (Å²) in [4.78, 5) is 17.2. The molecular formula is C22H18ClFN4O2S. The molecule has 9 heteroatoms. The van der Waals surface area contributed by atoms with Crippen molar-refractivity contribution in [2.24, 2.45) is 0 Å². The van der Waals surface area contributed by atoms with Crippen LogP contribution in [0.2, 0.25) is 5.02 Å². The van der Waals surface area contributed by atoms with Crippen molar-refractivity contribution < 1.29 is 13.9 Å². The van der Waals surface area contributed by atoms with E-state index in [0.717, 1.165) is 22.4 Å². The highest BCUT2D eigenvalue weighted by Crippen LogP contribution is 2.24. The highest BCUT2D eigenvalue weighted by Gasteiger charge is 2.13. The van der Waals surface area contributed by atoms with Gasteiger partial charge in [0, 0.05) is 10.6 Å². The van der Waals surface area contributed by atoms with Crippen molar-refractivity contribution in [1.82, 2.24) is 14.8 Å². The number of anilines is 1. The number of halogens is 2. The van der Waals surface area contributed by atoms with Crippen LogP contribution >= 0.6 is 22.9 Å². The molecule has 4 aromatic rings. The lowest BCUT2D eigenvalue weighted by atomic mass is 10.2. The van der Waals surface area contributed by atoms with Crippen molar-refractivity contribution in [2.45, 2.75) is 20.1 Å². The number of aromatic nitrogens is 3. The Balaban J connectivity index is 1.33. The molecule has 1 N–H and O–H groups in total. The third-order valence-corrected chi connectivity index (χ3v) is 5.64. The topological polar surface area (TPSA) is 69.0 Å². The average molecular weight is 457 g/mol. The van der Waals surface area contributed by atoms with Gasteiger partial charge in [-0.2, -0.15) is 0 Å². The van der Waals surface area contributed by atoms with Crippen LogP contribution in [0.1, 0.15) is 26.4 Å². The summed E-state index contributed by atoms with van der Waals surface area (Å²) in [6.45, 7) is 2.69. The Morgan fingerprint density at radius 2 is 2.00 bits per heavy atom. The van der Waals surface area contributed by atoms with E-state index in [4.69, 9.17) is 16.3 Å². The third kappa shape index (κ3) is 5.48. The zero-order chi connectivity index (χ0) is 21.8. The molecule has 0 radical (unpaired) electrons. The van der Waals surface area contributed by atoms with Gasteiger partial charge in [0.15, 0.2) is 0 Å². The number of rotatable bonds is 7. The molecule has 0 spiro atoms. The lowest BCUT2D eigenvalue weighted by Gasteiger charge is -2.08. The average Bonchev–Trinajstić information content (AvgIpc) is 3.39. The van der Waals surface area contributed by atoms with Crippen LogP contribution < -0.4 is 10.1 Å². The monoisotopic (exact) mass is 456 g/mol. The highest BCUT2D eigenvalue weighted by atomic mass is 35.5. The number of nitrogens with zero attached hydrogens (tertiary/aromatic N) is 3. The number of hydrogen-bond donors (Lipinski definition) is 1. The van der Waals surface area contributed by atoms with Crippen LogP contribution in [0.15, 0.2) is 60.2 Å². The Kier molecular flexibility index (Phi) is 6.29. The first-order valence-corrected chi connectivity index (χ1v) is 10.6. The van der Waals surface area contributed by atoms with Gasteiger partial charge in [-0.1, -0.05) is 23.7 Å². The molecule has 0 aliphatic heterocycles. The van der Waals surface area contributed by atoms with Gasteiger partial charge in [-0.05, 0) is 59.8 Å². The minimum Gasteiger partial charge on any atom is -0.489 e. The molecule has 2 heterocycles. The standard InChI is InChI=1S/C22H18ClFN4O2S/c1-14-8-17(23)4-7-19(14)30-11-16-9-20(31-12-16)21(29)26-22-25-13-28(27-22)10-15-2-5-18(24)6-3-15/h2-9,12-13H,10-11H2,1H3,(H,26,27,29). The molecule has 2 aromatic carbocycles. The van der Waals surface area contributed by atoms with Gasteiger partial charge in [-0.25, -0.2) is 14.1 Å². The predicted octanol–water partition coefficient (Wildman–Crippen LogP) is 5.32. The molecule has 4 rings (SSSR count). The largest absolute Gasteiger partial charge is 0.489 e. The number of carbonyl (C=O) groups excluding carboxylic acids is 1. The van der Waals surface area contributed by atoms with Gasteiger partial charge in [0.05, 0.1) is 11.4 Å². The van der Waals surface area contributed by atoms with E-state index in [1.165, 1.54) is 29.8 Å². The number of ether oxygens (including phenoxy) is 1. The van der Waals surface area contributed by atoms with Crippen LogP contribution in [0.5, 0.6) is 5.75 Å². The normalized spacial score (nSPS) is 10.8. The molecule has 0 saturated carbocycles. The van der Waals surface area contributed by atoms with Crippen LogP contribution in [0, 0.1) is 12.7 Å². The number of nitrogens with one attached hydrogen (secondary N) is 1. The molecule has 0 aliphatic carbocycles. The molecule has 0 fully saturated rings. The van der Waals surface area contributed by atoms with Crippen molar-refractivity contribution in [3.05, 3.63) is 92.6 Å². The SMILES string of the molecule is Cc1cc(Cl)ccc1OCc1csc(C(=O)Nc2ncn(Cc3ccc(F)cc3)n2)c1. The maximum atomic E-state index is 13.0. The fourth-order valence-corrected chi connectivity index (χ4v) is 3.89. The lowest BCUT2D eigenvalue weighted by molar-refractivity contribution is 0.102. The number of hydrogen-bond acceptors (Lipinski definition) is 5. The van der Waals surface area contributed by atoms with Gasteiger partial charge in [0.25, 0.3) is 5.91 Å². The second-order valence-corrected chi connectivity index (χ2v) is 8.21. The molecule has 0 saturated heterocycles. The van der Waals surface area contributed by atoms with Crippen LogP contribution in [-0.4, -0.2) is 20.7 Å². The first kappa shape index (κ1) is 21.0. The summed E-state index contributed by atoms with van der Waals surface area (Å²) in [5.74, 6) is 0.366. The summed E-state index contributed by atoms with van der Waals surface area (Å²) in [5.41, 5.74) is 2.71. The molecule has 0 unspecified atom stereocenters. The molecule has 31 heavy (non-hydrogen) atoms. The summed E-state index contributed by atoms with van der Waals surface area (Å²) in [6.07, 6.45) is 1.51. The van der Waals surface area contributed by atoms with Gasteiger partial charge in [-0.15, -0.1) is 16.4 Å². The van der Waals surface area contributed by atoms with E-state index in [2.05, 4.69) is 15.4 Å². The molecule has 158 valence electrons. The Bertz CT molecular complexity index is 1210. The van der Waals surface area contributed by atoms with Crippen molar-refractivity contribution in [1.29, 1.82) is 0 Å². The number of thiophene rings is 1. The second-order valence-electron chi connectivity index (χ2n) is 6.86. The summed E-state index contributed by atoms with van der Waals surface area (Å²) >= 11 is 7.28. The number of carbonyl (C=O) groups is 1. The minimum atomic E-state index is -0.293. The van der Waals surface area contributed by atoms with Crippen LogP contribution in [0.4, 0.5) is 10.3 Å².